The molecule has 2 aromatic heterocycles. The number of thiazole rings is 1. The number of anilines is 1. The van der Waals surface area contributed by atoms with E-state index in [9.17, 15) is 17.6 Å². The number of rotatable bonds is 7. The largest absolute Gasteiger partial charge is 0.494 e. The van der Waals surface area contributed by atoms with Crippen molar-refractivity contribution >= 4 is 54.2 Å². The van der Waals surface area contributed by atoms with Gasteiger partial charge in [-0.25, -0.2) is 17.8 Å². The summed E-state index contributed by atoms with van der Waals surface area (Å²) < 4.78 is 47.7. The van der Waals surface area contributed by atoms with Crippen LogP contribution >= 0.6 is 22.9 Å². The number of fused-ring (bicyclic) bond motifs is 1. The number of benzene rings is 2. The highest BCUT2D eigenvalue weighted by atomic mass is 35.5. The fourth-order valence-electron chi connectivity index (χ4n) is 4.49. The smallest absolute Gasteiger partial charge is 0.245 e. The maximum absolute atomic E-state index is 14.2. The number of halogens is 2. The maximum Gasteiger partial charge on any atom is 0.245 e. The van der Waals surface area contributed by atoms with E-state index in [1.54, 1.807) is 42.6 Å². The second-order valence-corrected chi connectivity index (χ2v) is 12.1. The lowest BCUT2D eigenvalue weighted by molar-refractivity contribution is -0.123. The molecule has 1 aliphatic rings. The van der Waals surface area contributed by atoms with Gasteiger partial charge in [-0.15, -0.1) is 0 Å². The molecule has 8 nitrogen and oxygen atoms in total. The van der Waals surface area contributed by atoms with Gasteiger partial charge in [0.05, 0.1) is 23.4 Å². The lowest BCUT2D eigenvalue weighted by Crippen LogP contribution is -2.44. The third-order valence-electron chi connectivity index (χ3n) is 6.49. The summed E-state index contributed by atoms with van der Waals surface area (Å²) in [5.74, 6) is -0.861. The van der Waals surface area contributed by atoms with Gasteiger partial charge in [0.2, 0.25) is 15.9 Å². The molecule has 1 fully saturated rings. The van der Waals surface area contributed by atoms with Crippen molar-refractivity contribution < 1.29 is 22.3 Å². The maximum atomic E-state index is 14.2. The highest BCUT2D eigenvalue weighted by molar-refractivity contribution is 7.89. The van der Waals surface area contributed by atoms with E-state index in [2.05, 4.69) is 4.98 Å². The summed E-state index contributed by atoms with van der Waals surface area (Å²) in [6.45, 7) is 0.445. The van der Waals surface area contributed by atoms with Crippen LogP contribution in [0.1, 0.15) is 18.4 Å². The van der Waals surface area contributed by atoms with Gasteiger partial charge in [-0.1, -0.05) is 41.1 Å². The van der Waals surface area contributed by atoms with Crippen LogP contribution in [0.5, 0.6) is 5.75 Å². The number of aromatic nitrogens is 2. The zero-order valence-corrected chi connectivity index (χ0v) is 22.8. The predicted molar refractivity (Wildman–Crippen MR) is 144 cm³/mol. The molecule has 0 saturated carbocycles. The average molecular weight is 575 g/mol. The molecule has 0 spiro atoms. The van der Waals surface area contributed by atoms with E-state index in [0.717, 1.165) is 11.6 Å². The van der Waals surface area contributed by atoms with Crippen LogP contribution in [-0.4, -0.2) is 48.8 Å². The van der Waals surface area contributed by atoms with E-state index in [0.29, 0.717) is 39.0 Å². The highest BCUT2D eigenvalue weighted by Crippen LogP contribution is 2.40. The van der Waals surface area contributed by atoms with Crippen molar-refractivity contribution in [3.63, 3.8) is 0 Å². The SMILES string of the molecule is COc1ccc(Cl)c2sc(N(Cc3cccnc3)C(=O)C3CCN(S(=O)(=O)c4ccccc4F)CC3)nc12. The van der Waals surface area contributed by atoms with Crippen LogP contribution in [0.4, 0.5) is 9.52 Å². The van der Waals surface area contributed by atoms with Gasteiger partial charge in [-0.05, 0) is 48.7 Å². The van der Waals surface area contributed by atoms with Crippen molar-refractivity contribution in [1.82, 2.24) is 14.3 Å². The number of amides is 1. The molecule has 12 heteroatoms. The molecule has 1 saturated heterocycles. The summed E-state index contributed by atoms with van der Waals surface area (Å²) >= 11 is 7.72. The zero-order valence-electron chi connectivity index (χ0n) is 20.4. The summed E-state index contributed by atoms with van der Waals surface area (Å²) in [5.41, 5.74) is 1.38. The molecule has 0 aliphatic carbocycles. The standard InChI is InChI=1S/C26H24ClFN4O4S2/c1-36-21-9-8-19(27)24-23(21)30-26(37-24)32(16-17-5-4-12-29-15-17)25(33)18-10-13-31(14-11-18)38(34,35)22-7-3-2-6-20(22)28/h2-9,12,15,18H,10-11,13-14,16H2,1H3. The Labute approximate surface area is 228 Å². The highest BCUT2D eigenvalue weighted by Gasteiger charge is 2.36. The second-order valence-electron chi connectivity index (χ2n) is 8.82. The fraction of sp³-hybridized carbons (Fsp3) is 0.269. The Balaban J connectivity index is 1.42. The molecule has 0 unspecified atom stereocenters. The van der Waals surface area contributed by atoms with Gasteiger partial charge in [0, 0.05) is 31.4 Å². The summed E-state index contributed by atoms with van der Waals surface area (Å²) in [6.07, 6.45) is 3.94. The summed E-state index contributed by atoms with van der Waals surface area (Å²) in [6, 6.07) is 12.4. The summed E-state index contributed by atoms with van der Waals surface area (Å²) in [5, 5.41) is 0.964. The van der Waals surface area contributed by atoms with E-state index in [1.165, 1.54) is 33.8 Å². The average Bonchev–Trinajstić information content (AvgIpc) is 3.39. The van der Waals surface area contributed by atoms with Gasteiger partial charge in [0.25, 0.3) is 0 Å². The van der Waals surface area contributed by atoms with Crippen molar-refractivity contribution in [2.24, 2.45) is 5.92 Å². The number of carbonyl (C=O) groups excluding carboxylic acids is 1. The molecule has 5 rings (SSSR count). The Morgan fingerprint density at radius 2 is 1.95 bits per heavy atom. The minimum absolute atomic E-state index is 0.104. The number of hydrogen-bond donors (Lipinski definition) is 0. The van der Waals surface area contributed by atoms with Crippen molar-refractivity contribution in [2.45, 2.75) is 24.3 Å². The molecule has 0 atom stereocenters. The summed E-state index contributed by atoms with van der Waals surface area (Å²) in [7, 11) is -2.46. The molecule has 0 radical (unpaired) electrons. The number of hydrogen-bond acceptors (Lipinski definition) is 7. The summed E-state index contributed by atoms with van der Waals surface area (Å²) in [4.78, 5) is 24.0. The van der Waals surface area contributed by atoms with Crippen LogP contribution < -0.4 is 9.64 Å². The number of pyridine rings is 1. The van der Waals surface area contributed by atoms with Crippen molar-refractivity contribution in [2.75, 3.05) is 25.1 Å². The lowest BCUT2D eigenvalue weighted by atomic mass is 9.96. The number of carbonyl (C=O) groups is 1. The van der Waals surface area contributed by atoms with Gasteiger partial charge in [0.1, 0.15) is 22.0 Å². The molecule has 1 aliphatic heterocycles. The van der Waals surface area contributed by atoms with E-state index in [-0.39, 0.29) is 30.4 Å². The van der Waals surface area contributed by atoms with E-state index in [1.807, 2.05) is 6.07 Å². The van der Waals surface area contributed by atoms with Crippen molar-refractivity contribution in [3.8, 4) is 5.75 Å². The van der Waals surface area contributed by atoms with Gasteiger partial charge >= 0.3 is 0 Å². The van der Waals surface area contributed by atoms with Crippen molar-refractivity contribution in [3.05, 3.63) is 77.3 Å². The molecule has 3 heterocycles. The van der Waals surface area contributed by atoms with Crippen LogP contribution in [0.2, 0.25) is 5.02 Å². The molecule has 2 aromatic carbocycles. The normalized spacial score (nSPS) is 15.0. The predicted octanol–water partition coefficient (Wildman–Crippen LogP) is 5.13. The van der Waals surface area contributed by atoms with Gasteiger partial charge in [-0.2, -0.15) is 4.31 Å². The number of sulfonamides is 1. The van der Waals surface area contributed by atoms with Gasteiger partial charge in [-0.3, -0.25) is 14.7 Å². The molecular weight excluding hydrogens is 551 g/mol. The number of ether oxygens (including phenoxy) is 1. The molecule has 1 amide bonds. The Bertz CT molecular complexity index is 1570. The van der Waals surface area contributed by atoms with Crippen LogP contribution in [0, 0.1) is 11.7 Å². The quantitative estimate of drug-likeness (QED) is 0.304. The molecule has 0 N–H and O–H groups in total. The van der Waals surface area contributed by atoms with Crippen LogP contribution in [0.3, 0.4) is 0 Å². The topological polar surface area (TPSA) is 92.7 Å². The first kappa shape index (κ1) is 26.5. The van der Waals surface area contributed by atoms with Crippen LogP contribution in [0.25, 0.3) is 10.2 Å². The lowest BCUT2D eigenvalue weighted by Gasteiger charge is -2.33. The molecule has 0 bridgehead atoms. The second kappa shape index (κ2) is 10.9. The Hall–Kier alpha value is -3.12. The monoisotopic (exact) mass is 574 g/mol. The first-order chi connectivity index (χ1) is 18.3. The van der Waals surface area contributed by atoms with Gasteiger partial charge in [0.15, 0.2) is 5.13 Å². The number of nitrogens with zero attached hydrogens (tertiary/aromatic N) is 4. The minimum atomic E-state index is -4.01. The Morgan fingerprint density at radius 3 is 2.63 bits per heavy atom. The number of piperidine rings is 1. The zero-order chi connectivity index (χ0) is 26.9. The van der Waals surface area contributed by atoms with Gasteiger partial charge < -0.3 is 4.74 Å². The molecule has 198 valence electrons. The first-order valence-electron chi connectivity index (χ1n) is 11.9. The van der Waals surface area contributed by atoms with Crippen LogP contribution in [-0.2, 0) is 21.4 Å². The Morgan fingerprint density at radius 1 is 1.18 bits per heavy atom. The van der Waals surface area contributed by atoms with E-state index >= 15 is 0 Å². The fourth-order valence-corrected chi connectivity index (χ4v) is 7.29. The molecule has 4 aromatic rings. The minimum Gasteiger partial charge on any atom is -0.494 e. The third kappa shape index (κ3) is 5.11. The number of methoxy groups -OCH3 is 1. The first-order valence-corrected chi connectivity index (χ1v) is 14.5. The van der Waals surface area contributed by atoms with E-state index < -0.39 is 21.8 Å². The Kier molecular flexibility index (Phi) is 7.62. The van der Waals surface area contributed by atoms with Crippen LogP contribution in [0.15, 0.2) is 65.8 Å². The third-order valence-corrected chi connectivity index (χ3v) is 9.96. The van der Waals surface area contributed by atoms with Crippen molar-refractivity contribution in [1.29, 1.82) is 0 Å². The van der Waals surface area contributed by atoms with E-state index in [4.69, 9.17) is 21.3 Å². The molecular formula is C26H24ClFN4O4S2. The molecule has 38 heavy (non-hydrogen) atoms.